The number of aromatic amines is 1. The van der Waals surface area contributed by atoms with Crippen LogP contribution >= 0.6 is 0 Å². The van der Waals surface area contributed by atoms with Gasteiger partial charge in [0.1, 0.15) is 5.82 Å². The van der Waals surface area contributed by atoms with Crippen molar-refractivity contribution in [3.8, 4) is 0 Å². The normalized spacial score (nSPS) is 41.5. The molecule has 0 atom stereocenters. The Morgan fingerprint density at radius 3 is 2.33 bits per heavy atom. The number of nitrogens with zero attached hydrogens (tertiary/aromatic N) is 2. The van der Waals surface area contributed by atoms with Gasteiger partial charge in [0.2, 0.25) is 0 Å². The van der Waals surface area contributed by atoms with E-state index in [4.69, 9.17) is 4.98 Å². The molecular weight excluding hydrogens is 224 g/mol. The fourth-order valence-corrected chi connectivity index (χ4v) is 5.16. The molecule has 2 N–H and O–H groups in total. The Kier molecular flexibility index (Phi) is 2.31. The van der Waals surface area contributed by atoms with Crippen LogP contribution in [0.3, 0.4) is 0 Å². The van der Waals surface area contributed by atoms with Crippen molar-refractivity contribution in [3.63, 3.8) is 0 Å². The summed E-state index contributed by atoms with van der Waals surface area (Å²) in [7, 11) is 1.95. The van der Waals surface area contributed by atoms with E-state index >= 15 is 0 Å². The first kappa shape index (κ1) is 11.0. The number of rotatable bonds is 3. The Balaban J connectivity index is 1.66. The Morgan fingerprint density at radius 2 is 1.78 bits per heavy atom. The molecule has 4 nitrogen and oxygen atoms in total. The SMILES string of the molecule is CNCc1nc(C23CC4CC(CC(C4)C2)C3)n[nH]1. The van der Waals surface area contributed by atoms with Crippen LogP contribution in [0.2, 0.25) is 0 Å². The molecule has 1 heterocycles. The molecule has 0 amide bonds. The van der Waals surface area contributed by atoms with Crippen molar-refractivity contribution >= 4 is 0 Å². The zero-order chi connectivity index (χ0) is 12.2. The molecule has 5 rings (SSSR count). The Hall–Kier alpha value is -0.900. The molecule has 4 bridgehead atoms. The third kappa shape index (κ3) is 1.54. The molecule has 0 radical (unpaired) electrons. The lowest BCUT2D eigenvalue weighted by molar-refractivity contribution is -0.00925. The topological polar surface area (TPSA) is 53.6 Å². The molecule has 18 heavy (non-hydrogen) atoms. The van der Waals surface area contributed by atoms with Crippen molar-refractivity contribution in [2.75, 3.05) is 7.05 Å². The Bertz CT molecular complexity index is 415. The summed E-state index contributed by atoms with van der Waals surface area (Å²) in [5, 5.41) is 10.8. The maximum atomic E-state index is 4.76. The lowest BCUT2D eigenvalue weighted by atomic mass is 9.49. The van der Waals surface area contributed by atoms with Gasteiger partial charge in [0, 0.05) is 5.41 Å². The molecule has 4 aliphatic rings. The van der Waals surface area contributed by atoms with Crippen LogP contribution in [0.15, 0.2) is 0 Å². The van der Waals surface area contributed by atoms with E-state index in [9.17, 15) is 0 Å². The second kappa shape index (κ2) is 3.80. The van der Waals surface area contributed by atoms with Crippen LogP contribution in [-0.4, -0.2) is 22.2 Å². The molecule has 0 spiro atoms. The average molecular weight is 246 g/mol. The van der Waals surface area contributed by atoms with Crippen LogP contribution in [0.1, 0.15) is 50.2 Å². The summed E-state index contributed by atoms with van der Waals surface area (Å²) in [5.41, 5.74) is 0.331. The van der Waals surface area contributed by atoms with Crippen molar-refractivity contribution in [1.29, 1.82) is 0 Å². The molecule has 0 saturated heterocycles. The van der Waals surface area contributed by atoms with Crippen molar-refractivity contribution in [2.24, 2.45) is 17.8 Å². The van der Waals surface area contributed by atoms with Gasteiger partial charge in [-0.3, -0.25) is 5.10 Å². The van der Waals surface area contributed by atoms with Gasteiger partial charge < -0.3 is 5.32 Å². The number of hydrogen-bond donors (Lipinski definition) is 2. The number of nitrogens with one attached hydrogen (secondary N) is 2. The highest BCUT2D eigenvalue weighted by atomic mass is 15.2. The molecule has 1 aromatic heterocycles. The van der Waals surface area contributed by atoms with Crippen molar-refractivity contribution in [2.45, 2.75) is 50.5 Å². The van der Waals surface area contributed by atoms with Crippen LogP contribution < -0.4 is 5.32 Å². The molecule has 98 valence electrons. The van der Waals surface area contributed by atoms with E-state index < -0.39 is 0 Å². The highest BCUT2D eigenvalue weighted by Crippen LogP contribution is 2.60. The second-order valence-corrected chi connectivity index (χ2v) is 6.83. The number of hydrogen-bond acceptors (Lipinski definition) is 3. The Morgan fingerprint density at radius 1 is 1.17 bits per heavy atom. The second-order valence-electron chi connectivity index (χ2n) is 6.83. The quantitative estimate of drug-likeness (QED) is 0.857. The zero-order valence-corrected chi connectivity index (χ0v) is 11.1. The first-order valence-corrected chi connectivity index (χ1v) is 7.34. The van der Waals surface area contributed by atoms with E-state index in [1.54, 1.807) is 0 Å². The zero-order valence-electron chi connectivity index (χ0n) is 11.1. The number of H-pyrrole nitrogens is 1. The van der Waals surface area contributed by atoms with E-state index in [-0.39, 0.29) is 0 Å². The summed E-state index contributed by atoms with van der Waals surface area (Å²) in [6, 6.07) is 0. The highest BCUT2D eigenvalue weighted by Gasteiger charge is 2.53. The van der Waals surface area contributed by atoms with Crippen LogP contribution in [0.25, 0.3) is 0 Å². The molecule has 4 saturated carbocycles. The van der Waals surface area contributed by atoms with Gasteiger partial charge in [0.25, 0.3) is 0 Å². The summed E-state index contributed by atoms with van der Waals surface area (Å²) in [5.74, 6) is 4.99. The molecular formula is C14H22N4. The highest BCUT2D eigenvalue weighted by molar-refractivity contribution is 5.17. The maximum absolute atomic E-state index is 4.76. The minimum absolute atomic E-state index is 0.331. The standard InChI is InChI=1S/C14H22N4/c1-15-8-12-16-13(18-17-12)14-5-9-2-10(6-14)4-11(3-9)7-14/h9-11,15H,2-8H2,1H3,(H,16,17,18). The summed E-state index contributed by atoms with van der Waals surface area (Å²) >= 11 is 0. The third-order valence-electron chi connectivity index (χ3n) is 5.39. The molecule has 4 aliphatic carbocycles. The summed E-state index contributed by atoms with van der Waals surface area (Å²) in [6.45, 7) is 0.791. The van der Waals surface area contributed by atoms with Gasteiger partial charge in [0.15, 0.2) is 5.82 Å². The van der Waals surface area contributed by atoms with E-state index in [0.717, 1.165) is 35.9 Å². The third-order valence-corrected chi connectivity index (χ3v) is 5.39. The van der Waals surface area contributed by atoms with Crippen LogP contribution in [-0.2, 0) is 12.0 Å². The van der Waals surface area contributed by atoms with Gasteiger partial charge in [-0.05, 0) is 63.3 Å². The van der Waals surface area contributed by atoms with Gasteiger partial charge >= 0.3 is 0 Å². The van der Waals surface area contributed by atoms with Gasteiger partial charge in [0.05, 0.1) is 6.54 Å². The van der Waals surface area contributed by atoms with Gasteiger partial charge in [-0.2, -0.15) is 5.10 Å². The fourth-order valence-electron chi connectivity index (χ4n) is 5.16. The van der Waals surface area contributed by atoms with E-state index in [1.807, 2.05) is 7.05 Å². The lowest BCUT2D eigenvalue weighted by Crippen LogP contribution is -2.49. The van der Waals surface area contributed by atoms with E-state index in [0.29, 0.717) is 5.41 Å². The van der Waals surface area contributed by atoms with E-state index in [2.05, 4.69) is 15.5 Å². The van der Waals surface area contributed by atoms with Crippen molar-refractivity contribution < 1.29 is 0 Å². The van der Waals surface area contributed by atoms with Crippen LogP contribution in [0.5, 0.6) is 0 Å². The maximum Gasteiger partial charge on any atom is 0.156 e. The monoisotopic (exact) mass is 246 g/mol. The van der Waals surface area contributed by atoms with Crippen LogP contribution in [0, 0.1) is 17.8 Å². The molecule has 0 aliphatic heterocycles. The summed E-state index contributed by atoms with van der Waals surface area (Å²) in [4.78, 5) is 4.76. The molecule has 0 unspecified atom stereocenters. The van der Waals surface area contributed by atoms with Crippen LogP contribution in [0.4, 0.5) is 0 Å². The lowest BCUT2D eigenvalue weighted by Gasteiger charge is -2.55. The fraction of sp³-hybridized carbons (Fsp3) is 0.857. The predicted octanol–water partition coefficient (Wildman–Crippen LogP) is 1.99. The number of aromatic nitrogens is 3. The first-order valence-electron chi connectivity index (χ1n) is 7.34. The van der Waals surface area contributed by atoms with Crippen molar-refractivity contribution in [3.05, 3.63) is 11.6 Å². The van der Waals surface area contributed by atoms with Gasteiger partial charge in [-0.1, -0.05) is 0 Å². The largest absolute Gasteiger partial charge is 0.313 e. The molecule has 4 fully saturated rings. The van der Waals surface area contributed by atoms with Gasteiger partial charge in [-0.15, -0.1) is 0 Å². The molecule has 1 aromatic rings. The summed E-state index contributed by atoms with van der Waals surface area (Å²) < 4.78 is 0. The first-order chi connectivity index (χ1) is 8.77. The Labute approximate surface area is 108 Å². The average Bonchev–Trinajstić information content (AvgIpc) is 2.77. The minimum atomic E-state index is 0.331. The van der Waals surface area contributed by atoms with Crippen molar-refractivity contribution in [1.82, 2.24) is 20.5 Å². The minimum Gasteiger partial charge on any atom is -0.313 e. The molecule has 0 aromatic carbocycles. The van der Waals surface area contributed by atoms with Gasteiger partial charge in [-0.25, -0.2) is 4.98 Å². The smallest absolute Gasteiger partial charge is 0.156 e. The molecule has 4 heteroatoms. The van der Waals surface area contributed by atoms with E-state index in [1.165, 1.54) is 38.5 Å². The predicted molar refractivity (Wildman–Crippen MR) is 69.0 cm³/mol. The summed E-state index contributed by atoms with van der Waals surface area (Å²) in [6.07, 6.45) is 8.47.